The molecule has 0 aromatic carbocycles. The van der Waals surface area contributed by atoms with E-state index in [-0.39, 0.29) is 0 Å². The molecule has 78 valence electrons. The van der Waals surface area contributed by atoms with Gasteiger partial charge in [0.15, 0.2) is 5.15 Å². The van der Waals surface area contributed by atoms with Crippen LogP contribution in [0, 0.1) is 0 Å². The van der Waals surface area contributed by atoms with Gasteiger partial charge < -0.3 is 15.5 Å². The molecular formula is C9H14ClN3O. The number of imidazole rings is 1. The Hall–Kier alpha value is -0.580. The van der Waals surface area contributed by atoms with Gasteiger partial charge in [0.25, 0.3) is 0 Å². The van der Waals surface area contributed by atoms with Crippen molar-refractivity contribution in [1.29, 1.82) is 0 Å². The monoisotopic (exact) mass is 215 g/mol. The summed E-state index contributed by atoms with van der Waals surface area (Å²) in [5, 5.41) is 0.567. The van der Waals surface area contributed by atoms with Crippen molar-refractivity contribution in [3.05, 3.63) is 16.7 Å². The van der Waals surface area contributed by atoms with E-state index in [4.69, 9.17) is 22.1 Å². The lowest BCUT2D eigenvalue weighted by molar-refractivity contribution is 0.0846. The Bertz CT molecular complexity index is 307. The fourth-order valence-corrected chi connectivity index (χ4v) is 2.07. The number of ether oxygens (including phenoxy) is 1. The summed E-state index contributed by atoms with van der Waals surface area (Å²) in [6.45, 7) is 2.01. The van der Waals surface area contributed by atoms with Gasteiger partial charge in [0.05, 0.1) is 12.2 Å². The highest BCUT2D eigenvalue weighted by atomic mass is 35.5. The second-order valence-electron chi connectivity index (χ2n) is 3.48. The van der Waals surface area contributed by atoms with Crippen LogP contribution < -0.4 is 5.73 Å². The summed E-state index contributed by atoms with van der Waals surface area (Å²) >= 11 is 6.02. The molecule has 1 aliphatic rings. The molecule has 2 heterocycles. The van der Waals surface area contributed by atoms with Gasteiger partial charge in [0, 0.05) is 19.1 Å². The van der Waals surface area contributed by atoms with Gasteiger partial charge in [-0.2, -0.15) is 0 Å². The summed E-state index contributed by atoms with van der Waals surface area (Å²) in [4.78, 5) is 7.33. The molecule has 1 aromatic heterocycles. The molecule has 0 bridgehead atoms. The molecule has 14 heavy (non-hydrogen) atoms. The van der Waals surface area contributed by atoms with Gasteiger partial charge in [0.2, 0.25) is 0 Å². The van der Waals surface area contributed by atoms with E-state index in [9.17, 15) is 0 Å². The van der Waals surface area contributed by atoms with Crippen molar-refractivity contribution in [3.63, 3.8) is 0 Å². The molecule has 2 rings (SSSR count). The second kappa shape index (κ2) is 4.29. The van der Waals surface area contributed by atoms with Crippen LogP contribution in [-0.2, 0) is 11.3 Å². The van der Waals surface area contributed by atoms with Crippen molar-refractivity contribution >= 4 is 11.6 Å². The Morgan fingerprint density at radius 1 is 1.50 bits per heavy atom. The number of nitrogens with two attached hydrogens (primary N) is 1. The zero-order chi connectivity index (χ0) is 9.97. The molecule has 0 aliphatic carbocycles. The van der Waals surface area contributed by atoms with Crippen molar-refractivity contribution in [2.75, 3.05) is 13.2 Å². The summed E-state index contributed by atoms with van der Waals surface area (Å²) in [5.41, 5.74) is 6.51. The number of aromatic amines is 1. The van der Waals surface area contributed by atoms with Crippen LogP contribution in [0.2, 0.25) is 5.15 Å². The van der Waals surface area contributed by atoms with Crippen molar-refractivity contribution in [1.82, 2.24) is 9.97 Å². The Labute approximate surface area is 87.8 Å². The lowest BCUT2D eigenvalue weighted by atomic mass is 9.97. The minimum atomic E-state index is 0.406. The van der Waals surface area contributed by atoms with Crippen LogP contribution in [0.25, 0.3) is 0 Å². The van der Waals surface area contributed by atoms with Crippen LogP contribution in [0.4, 0.5) is 0 Å². The molecule has 0 unspecified atom stereocenters. The summed E-state index contributed by atoms with van der Waals surface area (Å²) in [5.74, 6) is 1.21. The number of H-pyrrole nitrogens is 1. The first-order valence-electron chi connectivity index (χ1n) is 4.83. The lowest BCUT2D eigenvalue weighted by Crippen LogP contribution is -2.14. The van der Waals surface area contributed by atoms with Gasteiger partial charge in [-0.25, -0.2) is 4.98 Å². The van der Waals surface area contributed by atoms with Gasteiger partial charge in [-0.3, -0.25) is 0 Å². The minimum absolute atomic E-state index is 0.406. The molecule has 1 aliphatic heterocycles. The standard InChI is InChI=1S/C9H14ClN3O/c10-9-8(12-7(5-11)13-9)6-1-3-14-4-2-6/h6H,1-5,11H2,(H,12,13). The molecule has 3 N–H and O–H groups in total. The fraction of sp³-hybridized carbons (Fsp3) is 0.667. The van der Waals surface area contributed by atoms with Gasteiger partial charge in [-0.05, 0) is 12.8 Å². The van der Waals surface area contributed by atoms with E-state index in [1.807, 2.05) is 0 Å². The smallest absolute Gasteiger partial charge is 0.150 e. The average Bonchev–Trinajstić information content (AvgIpc) is 2.61. The number of aromatic nitrogens is 2. The molecular weight excluding hydrogens is 202 g/mol. The zero-order valence-electron chi connectivity index (χ0n) is 7.92. The molecule has 1 aromatic rings. The van der Waals surface area contributed by atoms with Gasteiger partial charge in [-0.15, -0.1) is 0 Å². The molecule has 0 radical (unpaired) electrons. The second-order valence-corrected chi connectivity index (χ2v) is 3.84. The van der Waals surface area contributed by atoms with E-state index in [2.05, 4.69) is 9.97 Å². The van der Waals surface area contributed by atoms with Crippen molar-refractivity contribution in [3.8, 4) is 0 Å². The van der Waals surface area contributed by atoms with Crippen molar-refractivity contribution in [2.45, 2.75) is 25.3 Å². The maximum Gasteiger partial charge on any atom is 0.150 e. The van der Waals surface area contributed by atoms with Crippen molar-refractivity contribution < 1.29 is 4.74 Å². The van der Waals surface area contributed by atoms with Crippen LogP contribution in [0.1, 0.15) is 30.3 Å². The highest BCUT2D eigenvalue weighted by Gasteiger charge is 2.21. The number of hydrogen-bond donors (Lipinski definition) is 2. The highest BCUT2D eigenvalue weighted by Crippen LogP contribution is 2.30. The first kappa shape index (κ1) is 9.96. The maximum absolute atomic E-state index is 6.02. The minimum Gasteiger partial charge on any atom is -0.381 e. The average molecular weight is 216 g/mol. The quantitative estimate of drug-likeness (QED) is 0.784. The van der Waals surface area contributed by atoms with Gasteiger partial charge >= 0.3 is 0 Å². The molecule has 5 heteroatoms. The Kier molecular flexibility index (Phi) is 3.05. The lowest BCUT2D eigenvalue weighted by Gasteiger charge is -2.20. The van der Waals surface area contributed by atoms with Crippen LogP contribution >= 0.6 is 11.6 Å². The summed E-state index contributed by atoms with van der Waals surface area (Å²) in [6.07, 6.45) is 2.01. The summed E-state index contributed by atoms with van der Waals surface area (Å²) in [7, 11) is 0. The maximum atomic E-state index is 6.02. The van der Waals surface area contributed by atoms with Crippen molar-refractivity contribution in [2.24, 2.45) is 5.73 Å². The van der Waals surface area contributed by atoms with Gasteiger partial charge in [-0.1, -0.05) is 11.6 Å². The number of nitrogens with one attached hydrogen (secondary N) is 1. The normalized spacial score (nSPS) is 18.7. The predicted molar refractivity (Wildman–Crippen MR) is 54.3 cm³/mol. The van der Waals surface area contributed by atoms with E-state index in [1.165, 1.54) is 0 Å². The first-order chi connectivity index (χ1) is 6.81. The highest BCUT2D eigenvalue weighted by molar-refractivity contribution is 6.30. The predicted octanol–water partition coefficient (Wildman–Crippen LogP) is 1.42. The Morgan fingerprint density at radius 3 is 2.79 bits per heavy atom. The first-order valence-corrected chi connectivity index (χ1v) is 5.21. The van der Waals surface area contributed by atoms with Gasteiger partial charge in [0.1, 0.15) is 5.82 Å². The molecule has 1 fully saturated rings. The van der Waals surface area contributed by atoms with Crippen LogP contribution in [0.15, 0.2) is 0 Å². The SMILES string of the molecule is NCc1nc(Cl)c(C2CCOCC2)[nH]1. The topological polar surface area (TPSA) is 63.9 Å². The third kappa shape index (κ3) is 1.92. The van der Waals surface area contributed by atoms with Crippen LogP contribution in [0.5, 0.6) is 0 Å². The zero-order valence-corrected chi connectivity index (χ0v) is 8.68. The Balaban J connectivity index is 2.17. The van der Waals surface area contributed by atoms with E-state index in [1.54, 1.807) is 0 Å². The molecule has 0 atom stereocenters. The molecule has 0 saturated carbocycles. The summed E-state index contributed by atoms with van der Waals surface area (Å²) < 4.78 is 5.29. The van der Waals surface area contributed by atoms with E-state index >= 15 is 0 Å². The van der Waals surface area contributed by atoms with Crippen LogP contribution in [0.3, 0.4) is 0 Å². The third-order valence-corrected chi connectivity index (χ3v) is 2.85. The molecule has 0 amide bonds. The summed E-state index contributed by atoms with van der Waals surface area (Å²) in [6, 6.07) is 0. The van der Waals surface area contributed by atoms with E-state index < -0.39 is 0 Å². The Morgan fingerprint density at radius 2 is 2.21 bits per heavy atom. The number of rotatable bonds is 2. The fourth-order valence-electron chi connectivity index (χ4n) is 1.77. The van der Waals surface area contributed by atoms with Crippen LogP contribution in [-0.4, -0.2) is 23.2 Å². The number of halogens is 1. The number of nitrogens with zero attached hydrogens (tertiary/aromatic N) is 1. The largest absolute Gasteiger partial charge is 0.381 e. The molecule has 0 spiro atoms. The third-order valence-electron chi connectivity index (χ3n) is 2.56. The molecule has 1 saturated heterocycles. The number of hydrogen-bond acceptors (Lipinski definition) is 3. The molecule has 4 nitrogen and oxygen atoms in total. The van der Waals surface area contributed by atoms with E-state index in [0.717, 1.165) is 37.6 Å². The van der Waals surface area contributed by atoms with E-state index in [0.29, 0.717) is 17.6 Å².